The largest absolute Gasteiger partial charge is 0.0654 e. The molecule has 0 aromatic heterocycles. The zero-order valence-electron chi connectivity index (χ0n) is 56.4. The average Bonchev–Trinajstić information content (AvgIpc) is 3.62. The Morgan fingerprint density at radius 1 is 0.235 bits per heavy atom. The Morgan fingerprint density at radius 3 is 0.824 bits per heavy atom. The van der Waals surface area contributed by atoms with Gasteiger partial charge in [0.1, 0.15) is 0 Å². The van der Waals surface area contributed by atoms with Crippen molar-refractivity contribution in [1.29, 1.82) is 0 Å². The molecule has 0 saturated heterocycles. The van der Waals surface area contributed by atoms with E-state index in [-0.39, 0.29) is 0 Å². The first-order valence-electron chi connectivity index (χ1n) is 37.4. The number of hydrogen-bond donors (Lipinski definition) is 0. The van der Waals surface area contributed by atoms with Crippen molar-refractivity contribution in [3.8, 4) is 0 Å². The van der Waals surface area contributed by atoms with Crippen LogP contribution < -0.4 is 0 Å². The van der Waals surface area contributed by atoms with Gasteiger partial charge in [0.05, 0.1) is 0 Å². The molecule has 0 spiro atoms. The fourth-order valence-electron chi connectivity index (χ4n) is 14.5. The second-order valence-electron chi connectivity index (χ2n) is 28.2. The molecule has 85 heavy (non-hydrogen) atoms. The van der Waals surface area contributed by atoms with E-state index in [0.29, 0.717) is 0 Å². The van der Waals surface area contributed by atoms with Gasteiger partial charge in [0.25, 0.3) is 0 Å². The maximum absolute atomic E-state index is 2.48. The van der Waals surface area contributed by atoms with Gasteiger partial charge in [-0.15, -0.1) is 0 Å². The van der Waals surface area contributed by atoms with E-state index in [0.717, 1.165) is 17.8 Å². The summed E-state index contributed by atoms with van der Waals surface area (Å²) in [7, 11) is 0. The Kier molecular flexibility index (Phi) is 32.8. The highest BCUT2D eigenvalue weighted by molar-refractivity contribution is 5.42. The molecule has 0 amide bonds. The van der Waals surface area contributed by atoms with E-state index in [1.165, 1.54) is 295 Å². The van der Waals surface area contributed by atoms with Crippen LogP contribution >= 0.6 is 0 Å². The monoisotopic (exact) mass is 1150 g/mol. The minimum atomic E-state index is 0.922. The van der Waals surface area contributed by atoms with Gasteiger partial charge in [0, 0.05) is 0 Å². The molecule has 0 nitrogen and oxygen atoms in total. The van der Waals surface area contributed by atoms with Gasteiger partial charge >= 0.3 is 0 Å². The van der Waals surface area contributed by atoms with Crippen molar-refractivity contribution in [2.24, 2.45) is 17.8 Å². The lowest BCUT2D eigenvalue weighted by atomic mass is 9.85. The lowest BCUT2D eigenvalue weighted by Gasteiger charge is -2.20. The molecule has 5 aliphatic carbocycles. The molecule has 0 saturated carbocycles. The zero-order valence-corrected chi connectivity index (χ0v) is 56.4. The highest BCUT2D eigenvalue weighted by Crippen LogP contribution is 2.30. The summed E-state index contributed by atoms with van der Waals surface area (Å²) >= 11 is 0. The average molecular weight is 1150 g/mol. The summed E-state index contributed by atoms with van der Waals surface area (Å²) in [6, 6.07) is 35.9. The smallest absolute Gasteiger partial charge is 0.0235 e. The highest BCUT2D eigenvalue weighted by Gasteiger charge is 2.17. The SMILES string of the molecule is CC(CCCCCCc1ccc2c(c1)CC2)CCCCCCc1ccc2c(c1)CC2.CCC(CC)CCCCCc1ccc2c(c1)CC2.CCCCCC(CCC)CCc1ccc2c(c1)CC2.CCCCCCCCCCc1ccc2c(c1)CC2. The van der Waals surface area contributed by atoms with Crippen LogP contribution in [0.15, 0.2) is 91.0 Å². The number of unbranched alkanes of at least 4 members (excludes halogenated alkanes) is 17. The fourth-order valence-corrected chi connectivity index (χ4v) is 14.5. The first-order chi connectivity index (χ1) is 41.8. The molecule has 468 valence electrons. The standard InChI is InChI=1S/C30H42.C19H30.2C18H28/c1-24(10-6-2-4-8-12-25-14-16-27-18-20-29(27)22-25)11-7-3-5-9-13-26-15-17-28-19-21-30(28)23-26;1-3-5-6-8-16(7-4-2)9-10-17-11-12-18-13-14-19(18)15-17;1-3-15(4-2)8-6-5-7-9-16-10-11-17-12-13-18(17)14-16;1-2-3-4-5-6-7-8-9-10-16-11-12-17-13-14-18(17)15-16/h14-17,22-24H,2-13,18-21H2,1H3;11-12,15-16H,3-10,13-14H2,1-2H3;10-11,14-15H,3-9,12-13H2,1-2H3;11-12,15H,2-10,13-14H2,1H3. The van der Waals surface area contributed by atoms with Crippen molar-refractivity contribution in [2.45, 2.75) is 337 Å². The third-order valence-electron chi connectivity index (χ3n) is 21.3. The topological polar surface area (TPSA) is 0 Å². The van der Waals surface area contributed by atoms with Crippen LogP contribution in [0.3, 0.4) is 0 Å². The maximum Gasteiger partial charge on any atom is -0.0235 e. The predicted octanol–water partition coefficient (Wildman–Crippen LogP) is 24.7. The molecular weight excluding hydrogens is 1020 g/mol. The molecule has 10 rings (SSSR count). The summed E-state index contributed by atoms with van der Waals surface area (Å²) in [5.74, 6) is 2.86. The predicted molar refractivity (Wildman–Crippen MR) is 375 cm³/mol. The van der Waals surface area contributed by atoms with Crippen LogP contribution in [-0.4, -0.2) is 0 Å². The van der Waals surface area contributed by atoms with Crippen molar-refractivity contribution >= 4 is 0 Å². The van der Waals surface area contributed by atoms with Crippen LogP contribution in [-0.2, 0) is 96.3 Å². The highest BCUT2D eigenvalue weighted by atomic mass is 14.2. The van der Waals surface area contributed by atoms with Gasteiger partial charge in [0.2, 0.25) is 0 Å². The summed E-state index contributed by atoms with van der Waals surface area (Å²) in [5, 5.41) is 0. The summed E-state index contributed by atoms with van der Waals surface area (Å²) < 4.78 is 0. The van der Waals surface area contributed by atoms with Crippen molar-refractivity contribution in [3.05, 3.63) is 174 Å². The molecule has 5 aromatic carbocycles. The zero-order chi connectivity index (χ0) is 59.5. The van der Waals surface area contributed by atoms with Crippen LogP contribution in [0, 0.1) is 17.8 Å². The summed E-state index contributed by atoms with van der Waals surface area (Å²) in [6.07, 6.45) is 63.3. The van der Waals surface area contributed by atoms with Crippen molar-refractivity contribution in [3.63, 3.8) is 0 Å². The van der Waals surface area contributed by atoms with E-state index in [9.17, 15) is 0 Å². The van der Waals surface area contributed by atoms with Gasteiger partial charge in [-0.1, -0.05) is 299 Å². The van der Waals surface area contributed by atoms with Gasteiger partial charge in [-0.25, -0.2) is 0 Å². The third-order valence-corrected chi connectivity index (χ3v) is 21.3. The second kappa shape index (κ2) is 40.6. The van der Waals surface area contributed by atoms with Crippen molar-refractivity contribution in [2.75, 3.05) is 0 Å². The van der Waals surface area contributed by atoms with Gasteiger partial charge in [0.15, 0.2) is 0 Å². The number of benzene rings is 5. The Morgan fingerprint density at radius 2 is 0.506 bits per heavy atom. The van der Waals surface area contributed by atoms with E-state index in [1.807, 2.05) is 0 Å². The van der Waals surface area contributed by atoms with E-state index in [1.54, 1.807) is 83.5 Å². The van der Waals surface area contributed by atoms with E-state index in [2.05, 4.69) is 133 Å². The van der Waals surface area contributed by atoms with E-state index < -0.39 is 0 Å². The van der Waals surface area contributed by atoms with E-state index >= 15 is 0 Å². The molecule has 0 bridgehead atoms. The van der Waals surface area contributed by atoms with Crippen LogP contribution in [0.4, 0.5) is 0 Å². The number of rotatable bonds is 40. The van der Waals surface area contributed by atoms with Gasteiger partial charge in [-0.05, 0) is 230 Å². The minimum Gasteiger partial charge on any atom is -0.0654 e. The van der Waals surface area contributed by atoms with Crippen molar-refractivity contribution < 1.29 is 0 Å². The maximum atomic E-state index is 2.48. The van der Waals surface area contributed by atoms with Crippen LogP contribution in [0.2, 0.25) is 0 Å². The Bertz CT molecular complexity index is 2510. The second-order valence-corrected chi connectivity index (χ2v) is 28.2. The van der Waals surface area contributed by atoms with E-state index in [4.69, 9.17) is 0 Å². The molecular formula is C85H128. The normalized spacial score (nSPS) is 14.0. The number of aryl methyl sites for hydroxylation is 15. The summed E-state index contributed by atoms with van der Waals surface area (Å²) in [6.45, 7) is 14.1. The summed E-state index contributed by atoms with van der Waals surface area (Å²) in [4.78, 5) is 0. The molecule has 0 heterocycles. The molecule has 0 heteroatoms. The first kappa shape index (κ1) is 68.6. The van der Waals surface area contributed by atoms with Gasteiger partial charge in [-0.2, -0.15) is 0 Å². The first-order valence-corrected chi connectivity index (χ1v) is 37.4. The quantitative estimate of drug-likeness (QED) is 0.0343. The lowest BCUT2D eigenvalue weighted by Crippen LogP contribution is -2.09. The lowest BCUT2D eigenvalue weighted by molar-refractivity contribution is 0.398. The van der Waals surface area contributed by atoms with Crippen molar-refractivity contribution in [1.82, 2.24) is 0 Å². The molecule has 0 N–H and O–H groups in total. The molecule has 5 aliphatic rings. The van der Waals surface area contributed by atoms with Crippen LogP contribution in [0.5, 0.6) is 0 Å². The Labute approximate surface area is 526 Å². The molecule has 1 atom stereocenters. The Hall–Kier alpha value is -3.90. The fraction of sp³-hybridized carbons (Fsp3) is 0.647. The van der Waals surface area contributed by atoms with Crippen LogP contribution in [0.25, 0.3) is 0 Å². The third kappa shape index (κ3) is 25.3. The molecule has 0 radical (unpaired) electrons. The molecule has 5 aromatic rings. The van der Waals surface area contributed by atoms with Gasteiger partial charge < -0.3 is 0 Å². The molecule has 0 aliphatic heterocycles. The number of fused-ring (bicyclic) bond motifs is 5. The number of hydrogen-bond acceptors (Lipinski definition) is 0. The van der Waals surface area contributed by atoms with Crippen LogP contribution in [0.1, 0.15) is 324 Å². The summed E-state index contributed by atoms with van der Waals surface area (Å²) in [5.41, 5.74) is 23.9. The molecule has 0 fully saturated rings. The molecule has 1 unspecified atom stereocenters. The minimum absolute atomic E-state index is 0.922. The Balaban J connectivity index is 0.000000167. The van der Waals surface area contributed by atoms with Gasteiger partial charge in [-0.3, -0.25) is 0 Å².